The Bertz CT molecular complexity index is 225. The van der Waals surface area contributed by atoms with E-state index in [2.05, 4.69) is 10.1 Å². The summed E-state index contributed by atoms with van der Waals surface area (Å²) in [6, 6.07) is 0. The molecule has 0 spiro atoms. The number of carbonyl (C=O) groups excluding carboxylic acids is 2. The van der Waals surface area contributed by atoms with Gasteiger partial charge in [-0.15, -0.1) is 0 Å². The molecule has 0 aromatic carbocycles. The molecule has 74 valence electrons. The Morgan fingerprint density at radius 2 is 2.23 bits per heavy atom. The highest BCUT2D eigenvalue weighted by Crippen LogP contribution is 1.85. The number of carbonyl (C=O) groups is 2. The summed E-state index contributed by atoms with van der Waals surface area (Å²) in [6.45, 7) is -0.0915. The molecular formula is C7H12N2O4. The lowest BCUT2D eigenvalue weighted by molar-refractivity contribution is -0.135. The van der Waals surface area contributed by atoms with E-state index in [9.17, 15) is 9.59 Å². The van der Waals surface area contributed by atoms with Gasteiger partial charge in [-0.2, -0.15) is 0 Å². The van der Waals surface area contributed by atoms with E-state index in [1.807, 2.05) is 0 Å². The maximum Gasteiger partial charge on any atom is 0.332 e. The number of hydrogen-bond donors (Lipinski definition) is 3. The fourth-order valence-electron chi connectivity index (χ4n) is 0.523. The Kier molecular flexibility index (Phi) is 5.29. The van der Waals surface area contributed by atoms with Gasteiger partial charge in [0.1, 0.15) is 5.70 Å². The van der Waals surface area contributed by atoms with E-state index in [1.165, 1.54) is 7.11 Å². The van der Waals surface area contributed by atoms with E-state index < -0.39 is 11.9 Å². The highest BCUT2D eigenvalue weighted by Gasteiger charge is 2.06. The molecule has 0 bridgehead atoms. The predicted molar refractivity (Wildman–Crippen MR) is 44.4 cm³/mol. The van der Waals surface area contributed by atoms with Crippen LogP contribution in [0.4, 0.5) is 0 Å². The molecule has 0 unspecified atom stereocenters. The Labute approximate surface area is 75.4 Å². The first-order chi connectivity index (χ1) is 6.11. The normalized spacial score (nSPS) is 10.8. The first-order valence-corrected chi connectivity index (χ1v) is 3.56. The van der Waals surface area contributed by atoms with Crippen molar-refractivity contribution in [2.45, 2.75) is 0 Å². The molecule has 0 aliphatic rings. The van der Waals surface area contributed by atoms with Crippen LogP contribution in [-0.2, 0) is 14.3 Å². The van der Waals surface area contributed by atoms with Gasteiger partial charge in [0.25, 0.3) is 5.91 Å². The summed E-state index contributed by atoms with van der Waals surface area (Å²) < 4.78 is 4.25. The van der Waals surface area contributed by atoms with Gasteiger partial charge in [-0.25, -0.2) is 4.79 Å². The van der Waals surface area contributed by atoms with E-state index in [0.29, 0.717) is 0 Å². The van der Waals surface area contributed by atoms with Crippen molar-refractivity contribution in [2.75, 3.05) is 20.3 Å². The first kappa shape index (κ1) is 11.4. The third-order valence-electron chi connectivity index (χ3n) is 1.13. The van der Waals surface area contributed by atoms with Crippen LogP contribution in [0.2, 0.25) is 0 Å². The number of hydrogen-bond acceptors (Lipinski definition) is 5. The van der Waals surface area contributed by atoms with E-state index >= 15 is 0 Å². The molecule has 0 saturated carbocycles. The average Bonchev–Trinajstić information content (AvgIpc) is 2.13. The maximum absolute atomic E-state index is 10.9. The Morgan fingerprint density at radius 1 is 1.62 bits per heavy atom. The molecule has 0 fully saturated rings. The first-order valence-electron chi connectivity index (χ1n) is 3.56. The van der Waals surface area contributed by atoms with Crippen LogP contribution in [0.1, 0.15) is 0 Å². The summed E-state index contributed by atoms with van der Waals surface area (Å²) >= 11 is 0. The number of aliphatic hydroxyl groups excluding tert-OH is 1. The van der Waals surface area contributed by atoms with Gasteiger partial charge in [-0.3, -0.25) is 4.79 Å². The summed E-state index contributed by atoms with van der Waals surface area (Å²) in [5.74, 6) is -1.31. The lowest BCUT2D eigenvalue weighted by atomic mass is 10.4. The Morgan fingerprint density at radius 3 is 2.69 bits per heavy atom. The van der Waals surface area contributed by atoms with Gasteiger partial charge in [0, 0.05) is 6.54 Å². The summed E-state index contributed by atoms with van der Waals surface area (Å²) in [6.07, 6.45) is 0.868. The Balaban J connectivity index is 4.08. The van der Waals surface area contributed by atoms with Crippen LogP contribution in [0.25, 0.3) is 0 Å². The predicted octanol–water partition coefficient (Wildman–Crippen LogP) is -1.89. The van der Waals surface area contributed by atoms with Crippen molar-refractivity contribution in [3.05, 3.63) is 11.8 Å². The van der Waals surface area contributed by atoms with Crippen LogP contribution in [0.3, 0.4) is 0 Å². The molecule has 0 aliphatic heterocycles. The molecule has 0 atom stereocenters. The van der Waals surface area contributed by atoms with Crippen molar-refractivity contribution < 1.29 is 19.4 Å². The van der Waals surface area contributed by atoms with E-state index in [-0.39, 0.29) is 18.8 Å². The van der Waals surface area contributed by atoms with Gasteiger partial charge in [0.2, 0.25) is 0 Å². The number of aliphatic hydroxyl groups is 1. The second-order valence-electron chi connectivity index (χ2n) is 2.10. The van der Waals surface area contributed by atoms with Crippen molar-refractivity contribution in [2.24, 2.45) is 5.73 Å². The van der Waals surface area contributed by atoms with Gasteiger partial charge in [-0.05, 0) is 0 Å². The minimum atomic E-state index is -0.698. The SMILES string of the molecule is COC(=O)/C=C(\N)C(=O)NCCO. The molecule has 4 N–H and O–H groups in total. The van der Waals surface area contributed by atoms with Gasteiger partial charge < -0.3 is 20.9 Å². The molecular weight excluding hydrogens is 176 g/mol. The number of esters is 1. The molecule has 0 heterocycles. The minimum Gasteiger partial charge on any atom is -0.466 e. The Hall–Kier alpha value is -1.56. The molecule has 0 radical (unpaired) electrons. The highest BCUT2D eigenvalue weighted by atomic mass is 16.5. The van der Waals surface area contributed by atoms with Crippen molar-refractivity contribution in [1.29, 1.82) is 0 Å². The van der Waals surface area contributed by atoms with Crippen LogP contribution < -0.4 is 11.1 Å². The summed E-state index contributed by atoms with van der Waals surface area (Å²) in [5.41, 5.74) is 4.95. The fourth-order valence-corrected chi connectivity index (χ4v) is 0.523. The fraction of sp³-hybridized carbons (Fsp3) is 0.429. The molecule has 13 heavy (non-hydrogen) atoms. The number of nitrogens with two attached hydrogens (primary N) is 1. The van der Waals surface area contributed by atoms with Crippen LogP contribution in [0.5, 0.6) is 0 Å². The molecule has 0 saturated heterocycles. The molecule has 0 rings (SSSR count). The highest BCUT2D eigenvalue weighted by molar-refractivity contribution is 5.98. The topological polar surface area (TPSA) is 102 Å². The molecule has 0 aromatic rings. The summed E-state index contributed by atoms with van der Waals surface area (Å²) in [7, 11) is 1.18. The lowest BCUT2D eigenvalue weighted by Crippen LogP contribution is -2.31. The molecule has 1 amide bonds. The number of methoxy groups -OCH3 is 1. The minimum absolute atomic E-state index is 0.0918. The molecule has 6 heteroatoms. The number of nitrogens with one attached hydrogen (secondary N) is 1. The zero-order valence-electron chi connectivity index (χ0n) is 7.24. The monoisotopic (exact) mass is 188 g/mol. The van der Waals surface area contributed by atoms with Gasteiger partial charge in [0.15, 0.2) is 0 Å². The summed E-state index contributed by atoms with van der Waals surface area (Å²) in [5, 5.41) is 10.6. The van der Waals surface area contributed by atoms with Crippen molar-refractivity contribution >= 4 is 11.9 Å². The third-order valence-corrected chi connectivity index (χ3v) is 1.13. The van der Waals surface area contributed by atoms with Crippen LogP contribution in [0, 0.1) is 0 Å². The van der Waals surface area contributed by atoms with Crippen molar-refractivity contribution in [1.82, 2.24) is 5.32 Å². The number of amides is 1. The van der Waals surface area contributed by atoms with Gasteiger partial charge in [-0.1, -0.05) is 0 Å². The van der Waals surface area contributed by atoms with Crippen molar-refractivity contribution in [3.63, 3.8) is 0 Å². The van der Waals surface area contributed by atoms with E-state index in [0.717, 1.165) is 6.08 Å². The third kappa shape index (κ3) is 4.81. The largest absolute Gasteiger partial charge is 0.466 e. The zero-order chi connectivity index (χ0) is 10.3. The second kappa shape index (κ2) is 6.01. The zero-order valence-corrected chi connectivity index (χ0v) is 7.24. The average molecular weight is 188 g/mol. The number of ether oxygens (including phenoxy) is 1. The summed E-state index contributed by atoms with van der Waals surface area (Å²) in [4.78, 5) is 21.5. The van der Waals surface area contributed by atoms with E-state index in [1.54, 1.807) is 0 Å². The van der Waals surface area contributed by atoms with E-state index in [4.69, 9.17) is 10.8 Å². The van der Waals surface area contributed by atoms with Crippen LogP contribution in [0.15, 0.2) is 11.8 Å². The van der Waals surface area contributed by atoms with Crippen LogP contribution >= 0.6 is 0 Å². The van der Waals surface area contributed by atoms with Gasteiger partial charge >= 0.3 is 5.97 Å². The maximum atomic E-state index is 10.9. The lowest BCUT2D eigenvalue weighted by Gasteiger charge is -2.01. The molecule has 0 aromatic heterocycles. The smallest absolute Gasteiger partial charge is 0.332 e. The standard InChI is InChI=1S/C7H12N2O4/c1-13-6(11)4-5(8)7(12)9-2-3-10/h4,10H,2-3,8H2,1H3,(H,9,12)/b5-4-. The second-order valence-corrected chi connectivity index (χ2v) is 2.10. The quantitative estimate of drug-likeness (QED) is 0.353. The molecule has 0 aliphatic carbocycles. The number of rotatable bonds is 4. The van der Waals surface area contributed by atoms with Gasteiger partial charge in [0.05, 0.1) is 19.8 Å². The van der Waals surface area contributed by atoms with Crippen LogP contribution in [-0.4, -0.2) is 37.2 Å². The molecule has 6 nitrogen and oxygen atoms in total. The van der Waals surface area contributed by atoms with Crippen molar-refractivity contribution in [3.8, 4) is 0 Å².